The molecule has 0 fully saturated rings. The highest BCUT2D eigenvalue weighted by atomic mass is 32.2. The maximum Gasteiger partial charge on any atom is 0.243 e. The van der Waals surface area contributed by atoms with Crippen LogP contribution in [0.1, 0.15) is 29.2 Å². The second kappa shape index (κ2) is 11.6. The normalized spacial score (nSPS) is 13.8. The Morgan fingerprint density at radius 2 is 1.58 bits per heavy atom. The molecule has 4 aromatic rings. The molecule has 0 aromatic heterocycles. The van der Waals surface area contributed by atoms with Gasteiger partial charge in [-0.3, -0.25) is 4.99 Å². The van der Waals surface area contributed by atoms with Crippen LogP contribution in [0.4, 0.5) is 5.69 Å². The van der Waals surface area contributed by atoms with Gasteiger partial charge in [-0.15, -0.1) is 0 Å². The van der Waals surface area contributed by atoms with Gasteiger partial charge >= 0.3 is 0 Å². The van der Waals surface area contributed by atoms with Crippen LogP contribution in [-0.4, -0.2) is 32.1 Å². The third-order valence-corrected chi connectivity index (χ3v) is 8.30. The topological polar surface area (TPSA) is 68.2 Å². The van der Waals surface area contributed by atoms with Gasteiger partial charge in [0.2, 0.25) is 10.0 Å². The van der Waals surface area contributed by atoms with Crippen LogP contribution in [0.25, 0.3) is 0 Å². The first-order valence-electron chi connectivity index (χ1n) is 12.7. The summed E-state index contributed by atoms with van der Waals surface area (Å²) in [5.41, 5.74) is 4.87. The minimum Gasteiger partial charge on any atom is -0.490 e. The van der Waals surface area contributed by atoms with Gasteiger partial charge in [0.25, 0.3) is 0 Å². The number of benzene rings is 4. The number of nitrogens with zero attached hydrogens (tertiary/aromatic N) is 2. The van der Waals surface area contributed by atoms with Crippen molar-refractivity contribution in [3.05, 3.63) is 119 Å². The zero-order chi connectivity index (χ0) is 26.4. The van der Waals surface area contributed by atoms with Gasteiger partial charge in [-0.25, -0.2) is 8.42 Å². The second-order valence-electron chi connectivity index (χ2n) is 9.02. The lowest BCUT2D eigenvalue weighted by Crippen LogP contribution is -2.35. The zero-order valence-corrected chi connectivity index (χ0v) is 22.1. The molecule has 194 valence electrons. The predicted molar refractivity (Wildman–Crippen MR) is 150 cm³/mol. The van der Waals surface area contributed by atoms with E-state index in [0.717, 1.165) is 23.1 Å². The Labute approximate surface area is 224 Å². The lowest BCUT2D eigenvalue weighted by atomic mass is 10.0. The van der Waals surface area contributed by atoms with E-state index in [1.54, 1.807) is 34.8 Å². The summed E-state index contributed by atoms with van der Waals surface area (Å²) < 4.78 is 39.8. The largest absolute Gasteiger partial charge is 0.490 e. The Morgan fingerprint density at radius 1 is 0.842 bits per heavy atom. The SMILES string of the molecule is CCOc1cc(C=Nc2ccc(S(=O)(=O)N3CCc4ccccc4C3)cc2)ccc1OCc1ccccc1. The van der Waals surface area contributed by atoms with Crippen LogP contribution >= 0.6 is 0 Å². The van der Waals surface area contributed by atoms with Crippen molar-refractivity contribution in [1.82, 2.24) is 4.31 Å². The van der Waals surface area contributed by atoms with Crippen LogP contribution in [-0.2, 0) is 29.6 Å². The van der Waals surface area contributed by atoms with E-state index >= 15 is 0 Å². The Kier molecular flexibility index (Phi) is 7.86. The molecule has 5 rings (SSSR count). The summed E-state index contributed by atoms with van der Waals surface area (Å²) in [7, 11) is -3.58. The van der Waals surface area contributed by atoms with E-state index in [9.17, 15) is 8.42 Å². The van der Waals surface area contributed by atoms with Crippen LogP contribution < -0.4 is 9.47 Å². The van der Waals surface area contributed by atoms with Gasteiger partial charge in [0, 0.05) is 19.3 Å². The average molecular weight is 527 g/mol. The fraction of sp³-hybridized carbons (Fsp3) is 0.194. The van der Waals surface area contributed by atoms with Gasteiger partial charge in [0.1, 0.15) is 6.61 Å². The molecule has 0 unspecified atom stereocenters. The van der Waals surface area contributed by atoms with Crippen molar-refractivity contribution in [1.29, 1.82) is 0 Å². The van der Waals surface area contributed by atoms with Crippen LogP contribution in [0.3, 0.4) is 0 Å². The van der Waals surface area contributed by atoms with E-state index in [2.05, 4.69) is 11.1 Å². The van der Waals surface area contributed by atoms with Crippen molar-refractivity contribution in [2.24, 2.45) is 4.99 Å². The fourth-order valence-corrected chi connectivity index (χ4v) is 5.82. The van der Waals surface area contributed by atoms with E-state index in [1.807, 2.05) is 73.7 Å². The molecule has 0 radical (unpaired) electrons. The van der Waals surface area contributed by atoms with Gasteiger partial charge < -0.3 is 9.47 Å². The van der Waals surface area contributed by atoms with Crippen molar-refractivity contribution in [3.63, 3.8) is 0 Å². The summed E-state index contributed by atoms with van der Waals surface area (Å²) in [6.45, 7) is 3.77. The van der Waals surface area contributed by atoms with E-state index in [1.165, 1.54) is 5.56 Å². The molecule has 0 spiro atoms. The number of aliphatic imine (C=N–C) groups is 1. The maximum absolute atomic E-state index is 13.2. The molecule has 0 N–H and O–H groups in total. The van der Waals surface area contributed by atoms with Gasteiger partial charge in [-0.2, -0.15) is 4.31 Å². The molecule has 1 aliphatic rings. The average Bonchev–Trinajstić information content (AvgIpc) is 2.96. The molecule has 38 heavy (non-hydrogen) atoms. The third kappa shape index (κ3) is 5.96. The number of hydrogen-bond acceptors (Lipinski definition) is 5. The molecule has 4 aromatic carbocycles. The highest BCUT2D eigenvalue weighted by Gasteiger charge is 2.28. The van der Waals surface area contributed by atoms with Gasteiger partial charge in [-0.05, 0) is 78.1 Å². The molecule has 1 aliphatic heterocycles. The summed E-state index contributed by atoms with van der Waals surface area (Å²) in [6, 6.07) is 30.3. The number of hydrogen-bond donors (Lipinski definition) is 0. The minimum absolute atomic E-state index is 0.273. The molecular weight excluding hydrogens is 496 g/mol. The molecule has 0 aliphatic carbocycles. The predicted octanol–water partition coefficient (Wildman–Crippen LogP) is 6.16. The molecule has 0 amide bonds. The van der Waals surface area contributed by atoms with Gasteiger partial charge in [0.05, 0.1) is 17.2 Å². The summed E-state index contributed by atoms with van der Waals surface area (Å²) in [6.07, 6.45) is 2.45. The minimum atomic E-state index is -3.58. The zero-order valence-electron chi connectivity index (χ0n) is 21.3. The Balaban J connectivity index is 1.26. The second-order valence-corrected chi connectivity index (χ2v) is 11.0. The molecule has 1 heterocycles. The van der Waals surface area contributed by atoms with Crippen molar-refractivity contribution in [3.8, 4) is 11.5 Å². The Morgan fingerprint density at radius 3 is 2.34 bits per heavy atom. The van der Waals surface area contributed by atoms with Crippen LogP contribution in [0.2, 0.25) is 0 Å². The fourth-order valence-electron chi connectivity index (χ4n) is 4.41. The van der Waals surface area contributed by atoms with E-state index in [4.69, 9.17) is 9.47 Å². The maximum atomic E-state index is 13.2. The first-order valence-corrected chi connectivity index (χ1v) is 14.1. The monoisotopic (exact) mass is 526 g/mol. The van der Waals surface area contributed by atoms with Crippen LogP contribution in [0.15, 0.2) is 107 Å². The van der Waals surface area contributed by atoms with E-state index in [-0.39, 0.29) is 4.90 Å². The molecule has 0 saturated heterocycles. The number of ether oxygens (including phenoxy) is 2. The lowest BCUT2D eigenvalue weighted by molar-refractivity contribution is 0.269. The van der Waals surface area contributed by atoms with Gasteiger partial charge in [-0.1, -0.05) is 54.6 Å². The first-order chi connectivity index (χ1) is 18.5. The summed E-state index contributed by atoms with van der Waals surface area (Å²) in [4.78, 5) is 4.81. The number of fused-ring (bicyclic) bond motifs is 1. The number of rotatable bonds is 9. The summed E-state index contributed by atoms with van der Waals surface area (Å²) >= 11 is 0. The first kappa shape index (κ1) is 25.7. The van der Waals surface area contributed by atoms with Crippen molar-refractivity contribution in [2.75, 3.05) is 13.2 Å². The van der Waals surface area contributed by atoms with E-state index < -0.39 is 10.0 Å². The van der Waals surface area contributed by atoms with Crippen molar-refractivity contribution >= 4 is 21.9 Å². The quantitative estimate of drug-likeness (QED) is 0.245. The highest BCUT2D eigenvalue weighted by molar-refractivity contribution is 7.89. The molecular formula is C31H30N2O4S. The smallest absolute Gasteiger partial charge is 0.243 e. The molecule has 0 saturated carbocycles. The lowest BCUT2D eigenvalue weighted by Gasteiger charge is -2.28. The standard InChI is InChI=1S/C31H30N2O4S/c1-2-36-31-20-25(12-17-30(31)37-23-24-8-4-3-5-9-24)21-32-28-13-15-29(16-14-28)38(34,35)33-19-18-26-10-6-7-11-27(26)22-33/h3-17,20-21H,2,18-19,22-23H2,1H3. The summed E-state index contributed by atoms with van der Waals surface area (Å²) in [5, 5.41) is 0. The van der Waals surface area contributed by atoms with Crippen LogP contribution in [0, 0.1) is 0 Å². The Hall–Kier alpha value is -3.94. The van der Waals surface area contributed by atoms with Crippen LogP contribution in [0.5, 0.6) is 11.5 Å². The highest BCUT2D eigenvalue weighted by Crippen LogP contribution is 2.30. The van der Waals surface area contributed by atoms with E-state index in [0.29, 0.717) is 43.5 Å². The molecule has 7 heteroatoms. The summed E-state index contributed by atoms with van der Waals surface area (Å²) in [5.74, 6) is 1.32. The number of sulfonamides is 1. The van der Waals surface area contributed by atoms with Crippen molar-refractivity contribution < 1.29 is 17.9 Å². The Bertz CT molecular complexity index is 1520. The third-order valence-electron chi connectivity index (χ3n) is 6.44. The molecule has 0 atom stereocenters. The molecule has 6 nitrogen and oxygen atoms in total. The molecule has 0 bridgehead atoms. The van der Waals surface area contributed by atoms with Crippen molar-refractivity contribution in [2.45, 2.75) is 31.4 Å². The van der Waals surface area contributed by atoms with Gasteiger partial charge in [0.15, 0.2) is 11.5 Å².